The molecule has 0 heterocycles. The molecule has 1 aromatic rings. The Kier molecular flexibility index (Phi) is 5.17. The summed E-state index contributed by atoms with van der Waals surface area (Å²) in [7, 11) is 0. The Hall–Kier alpha value is 1.33. The molecule has 1 aromatic carbocycles. The van der Waals surface area contributed by atoms with Crippen molar-refractivity contribution in [3.05, 3.63) is 28.4 Å². The van der Waals surface area contributed by atoms with Crippen molar-refractivity contribution in [1.29, 1.82) is 0 Å². The summed E-state index contributed by atoms with van der Waals surface area (Å²) in [6.07, 6.45) is -0.543. The number of aliphatic hydroxyl groups is 1. The third-order valence-corrected chi connectivity index (χ3v) is 6.54. The van der Waals surface area contributed by atoms with E-state index in [1.165, 1.54) is 3.57 Å². The Morgan fingerprint density at radius 2 is 1.69 bits per heavy atom. The number of hydrogen-bond acceptors (Lipinski definition) is 2. The zero-order chi connectivity index (χ0) is 10.0. The molecule has 1 rings (SSSR count). The number of nitrogens with two attached hydrogens (primary N) is 1. The lowest BCUT2D eigenvalue weighted by atomic mass is 10.1. The van der Waals surface area contributed by atoms with Crippen molar-refractivity contribution in [1.82, 2.24) is 0 Å². The van der Waals surface area contributed by atoms with Crippen LogP contribution in [0.15, 0.2) is 12.1 Å². The zero-order valence-corrected chi connectivity index (χ0v) is 13.1. The maximum absolute atomic E-state index is 9.53. The van der Waals surface area contributed by atoms with Crippen LogP contribution in [0.5, 0.6) is 0 Å². The van der Waals surface area contributed by atoms with Crippen LogP contribution in [0.3, 0.4) is 0 Å². The fourth-order valence-electron chi connectivity index (χ4n) is 0.904. The molecular formula is C8H8I3NO. The van der Waals surface area contributed by atoms with Gasteiger partial charge in [0.15, 0.2) is 0 Å². The Morgan fingerprint density at radius 3 is 2.08 bits per heavy atom. The van der Waals surface area contributed by atoms with Crippen LogP contribution in [0, 0.1) is 10.7 Å². The molecule has 0 aromatic heterocycles. The number of rotatable bonds is 2. The van der Waals surface area contributed by atoms with Crippen LogP contribution in [-0.4, -0.2) is 11.7 Å². The largest absolute Gasteiger partial charge is 0.387 e. The van der Waals surface area contributed by atoms with Crippen molar-refractivity contribution in [2.45, 2.75) is 6.10 Å². The van der Waals surface area contributed by atoms with Crippen LogP contribution >= 0.6 is 67.8 Å². The van der Waals surface area contributed by atoms with E-state index >= 15 is 0 Å². The molecule has 0 spiro atoms. The first kappa shape index (κ1) is 12.4. The Balaban J connectivity index is 3.13. The molecule has 0 amide bonds. The molecule has 1 atom stereocenters. The summed E-state index contributed by atoms with van der Waals surface area (Å²) in [4.78, 5) is 0. The zero-order valence-electron chi connectivity index (χ0n) is 6.60. The first-order valence-electron chi connectivity index (χ1n) is 3.59. The van der Waals surface area contributed by atoms with E-state index < -0.39 is 6.10 Å². The molecule has 5 heteroatoms. The second-order valence-electron chi connectivity index (χ2n) is 2.55. The molecule has 0 saturated heterocycles. The van der Waals surface area contributed by atoms with E-state index in [9.17, 15) is 5.11 Å². The molecule has 0 radical (unpaired) electrons. The van der Waals surface area contributed by atoms with E-state index in [0.29, 0.717) is 0 Å². The van der Waals surface area contributed by atoms with Crippen LogP contribution in [0.2, 0.25) is 0 Å². The fourth-order valence-corrected chi connectivity index (χ4v) is 3.03. The second kappa shape index (κ2) is 5.42. The van der Waals surface area contributed by atoms with Gasteiger partial charge in [-0.2, -0.15) is 0 Å². The van der Waals surface area contributed by atoms with Crippen molar-refractivity contribution >= 4 is 67.8 Å². The van der Waals surface area contributed by atoms with Crippen LogP contribution < -0.4 is 5.73 Å². The molecule has 1 unspecified atom stereocenters. The van der Waals surface area contributed by atoms with Crippen molar-refractivity contribution in [2.24, 2.45) is 5.73 Å². The van der Waals surface area contributed by atoms with Gasteiger partial charge in [0.25, 0.3) is 0 Å². The first-order valence-corrected chi connectivity index (χ1v) is 6.82. The third-order valence-electron chi connectivity index (χ3n) is 1.61. The quantitative estimate of drug-likeness (QED) is 0.471. The summed E-state index contributed by atoms with van der Waals surface area (Å²) in [6.45, 7) is 0.271. The number of hydrogen-bond donors (Lipinski definition) is 2. The SMILES string of the molecule is NCC(O)c1cc(I)c(I)c(I)c1. The van der Waals surface area contributed by atoms with Gasteiger partial charge in [-0.3, -0.25) is 0 Å². The molecule has 0 bridgehead atoms. The molecule has 3 N–H and O–H groups in total. The lowest BCUT2D eigenvalue weighted by Crippen LogP contribution is -2.12. The van der Waals surface area contributed by atoms with E-state index in [4.69, 9.17) is 5.73 Å². The minimum Gasteiger partial charge on any atom is -0.387 e. The van der Waals surface area contributed by atoms with Crippen LogP contribution in [0.1, 0.15) is 11.7 Å². The Morgan fingerprint density at radius 1 is 1.23 bits per heavy atom. The summed E-state index contributed by atoms with van der Waals surface area (Å²) in [5.41, 5.74) is 6.29. The predicted molar refractivity (Wildman–Crippen MR) is 78.6 cm³/mol. The lowest BCUT2D eigenvalue weighted by Gasteiger charge is -2.10. The number of halogens is 3. The van der Waals surface area contributed by atoms with Gasteiger partial charge in [0.1, 0.15) is 0 Å². The van der Waals surface area contributed by atoms with Gasteiger partial charge in [-0.15, -0.1) is 0 Å². The van der Waals surface area contributed by atoms with Gasteiger partial charge in [0.05, 0.1) is 6.10 Å². The first-order chi connectivity index (χ1) is 6.06. The summed E-state index contributed by atoms with van der Waals surface area (Å²) in [5, 5.41) is 9.53. The van der Waals surface area contributed by atoms with Gasteiger partial charge in [-0.1, -0.05) is 0 Å². The van der Waals surface area contributed by atoms with E-state index in [0.717, 1.165) is 12.7 Å². The van der Waals surface area contributed by atoms with Crippen molar-refractivity contribution in [2.75, 3.05) is 6.54 Å². The Labute approximate surface area is 118 Å². The monoisotopic (exact) mass is 515 g/mol. The van der Waals surface area contributed by atoms with Crippen molar-refractivity contribution < 1.29 is 5.11 Å². The minimum atomic E-state index is -0.543. The smallest absolute Gasteiger partial charge is 0.0912 e. The van der Waals surface area contributed by atoms with E-state index in [2.05, 4.69) is 67.8 Å². The molecular weight excluding hydrogens is 507 g/mol. The van der Waals surface area contributed by atoms with Crippen molar-refractivity contribution in [3.8, 4) is 0 Å². The Bertz CT molecular complexity index is 293. The van der Waals surface area contributed by atoms with Gasteiger partial charge >= 0.3 is 0 Å². The number of aliphatic hydroxyl groups excluding tert-OH is 1. The highest BCUT2D eigenvalue weighted by Crippen LogP contribution is 2.25. The highest BCUT2D eigenvalue weighted by molar-refractivity contribution is 14.1. The van der Waals surface area contributed by atoms with E-state index in [-0.39, 0.29) is 6.54 Å². The molecule has 72 valence electrons. The van der Waals surface area contributed by atoms with Gasteiger partial charge in [-0.05, 0) is 85.5 Å². The van der Waals surface area contributed by atoms with Gasteiger partial charge in [0, 0.05) is 17.3 Å². The highest BCUT2D eigenvalue weighted by atomic mass is 127. The van der Waals surface area contributed by atoms with Gasteiger partial charge in [-0.25, -0.2) is 0 Å². The van der Waals surface area contributed by atoms with Crippen LogP contribution in [0.25, 0.3) is 0 Å². The standard InChI is InChI=1S/C8H8I3NO/c9-5-1-4(7(13)3-12)2-6(10)8(5)11/h1-2,7,13H,3,12H2. The average Bonchev–Trinajstić information content (AvgIpc) is 2.12. The normalized spacial score (nSPS) is 13.0. The van der Waals surface area contributed by atoms with Gasteiger partial charge in [0.2, 0.25) is 0 Å². The predicted octanol–water partition coefficient (Wildman–Crippen LogP) is 2.49. The highest BCUT2D eigenvalue weighted by Gasteiger charge is 2.09. The average molecular weight is 515 g/mol. The maximum atomic E-state index is 9.53. The molecule has 2 nitrogen and oxygen atoms in total. The summed E-state index contributed by atoms with van der Waals surface area (Å²) < 4.78 is 3.55. The summed E-state index contributed by atoms with van der Waals surface area (Å²) in [5.74, 6) is 0. The molecule has 0 aliphatic heterocycles. The minimum absolute atomic E-state index is 0.271. The van der Waals surface area contributed by atoms with Crippen LogP contribution in [-0.2, 0) is 0 Å². The number of benzene rings is 1. The molecule has 0 aliphatic rings. The molecule has 13 heavy (non-hydrogen) atoms. The van der Waals surface area contributed by atoms with Crippen LogP contribution in [0.4, 0.5) is 0 Å². The summed E-state index contributed by atoms with van der Waals surface area (Å²) in [6, 6.07) is 3.95. The second-order valence-corrected chi connectivity index (χ2v) is 5.95. The summed E-state index contributed by atoms with van der Waals surface area (Å²) >= 11 is 6.82. The fraction of sp³-hybridized carbons (Fsp3) is 0.250. The lowest BCUT2D eigenvalue weighted by molar-refractivity contribution is 0.186. The molecule has 0 fully saturated rings. The van der Waals surface area contributed by atoms with Gasteiger partial charge < -0.3 is 10.8 Å². The van der Waals surface area contributed by atoms with E-state index in [1.807, 2.05) is 12.1 Å². The van der Waals surface area contributed by atoms with E-state index in [1.54, 1.807) is 0 Å². The molecule has 0 aliphatic carbocycles. The topological polar surface area (TPSA) is 46.2 Å². The van der Waals surface area contributed by atoms with Crippen molar-refractivity contribution in [3.63, 3.8) is 0 Å². The molecule has 0 saturated carbocycles. The third kappa shape index (κ3) is 3.14. The maximum Gasteiger partial charge on any atom is 0.0912 e.